The van der Waals surface area contributed by atoms with Crippen LogP contribution < -0.4 is 14.8 Å². The van der Waals surface area contributed by atoms with Crippen LogP contribution in [0.4, 0.5) is 4.39 Å². The van der Waals surface area contributed by atoms with Crippen molar-refractivity contribution in [3.05, 3.63) is 53.8 Å². The zero-order valence-electron chi connectivity index (χ0n) is 14.6. The van der Waals surface area contributed by atoms with Gasteiger partial charge in [0.1, 0.15) is 22.2 Å². The van der Waals surface area contributed by atoms with E-state index in [9.17, 15) is 12.8 Å². The third kappa shape index (κ3) is 3.40. The number of sulfonamides is 1. The molecule has 26 heavy (non-hydrogen) atoms. The number of methoxy groups -OCH3 is 2. The Bertz CT molecular complexity index is 889. The van der Waals surface area contributed by atoms with E-state index in [0.717, 1.165) is 11.6 Å². The van der Waals surface area contributed by atoms with Crippen molar-refractivity contribution in [3.63, 3.8) is 0 Å². The summed E-state index contributed by atoms with van der Waals surface area (Å²) in [6.07, 6.45) is 0. The molecule has 140 valence electrons. The van der Waals surface area contributed by atoms with Crippen molar-refractivity contribution in [2.75, 3.05) is 33.9 Å². The Balaban J connectivity index is 2.04. The largest absolute Gasteiger partial charge is 0.497 e. The Morgan fingerprint density at radius 2 is 1.92 bits per heavy atom. The topological polar surface area (TPSA) is 67.9 Å². The van der Waals surface area contributed by atoms with E-state index in [4.69, 9.17) is 9.47 Å². The molecule has 2 aromatic carbocycles. The average Bonchev–Trinajstić information content (AvgIpc) is 2.67. The highest BCUT2D eigenvalue weighted by Crippen LogP contribution is 2.34. The van der Waals surface area contributed by atoms with Crippen LogP contribution in [-0.2, 0) is 10.0 Å². The van der Waals surface area contributed by atoms with Crippen molar-refractivity contribution in [2.45, 2.75) is 10.9 Å². The predicted molar refractivity (Wildman–Crippen MR) is 95.4 cm³/mol. The minimum absolute atomic E-state index is 0.233. The van der Waals surface area contributed by atoms with Gasteiger partial charge in [-0.15, -0.1) is 0 Å². The first-order valence-electron chi connectivity index (χ1n) is 8.18. The van der Waals surface area contributed by atoms with Gasteiger partial charge in [0.15, 0.2) is 0 Å². The number of hydrogen-bond donors (Lipinski definition) is 1. The third-order valence-electron chi connectivity index (χ3n) is 4.42. The molecule has 1 atom stereocenters. The lowest BCUT2D eigenvalue weighted by Gasteiger charge is -2.36. The predicted octanol–water partition coefficient (Wildman–Crippen LogP) is 2.18. The molecule has 2 aromatic rings. The van der Waals surface area contributed by atoms with E-state index < -0.39 is 21.9 Å². The van der Waals surface area contributed by atoms with Crippen molar-refractivity contribution in [1.29, 1.82) is 0 Å². The number of nitrogens with zero attached hydrogens (tertiary/aromatic N) is 1. The smallest absolute Gasteiger partial charge is 0.246 e. The van der Waals surface area contributed by atoms with Crippen molar-refractivity contribution >= 4 is 10.0 Å². The van der Waals surface area contributed by atoms with Crippen molar-refractivity contribution in [1.82, 2.24) is 9.62 Å². The molecule has 0 radical (unpaired) electrons. The molecule has 1 unspecified atom stereocenters. The summed E-state index contributed by atoms with van der Waals surface area (Å²) in [5.74, 6) is 0.0290. The molecule has 0 spiro atoms. The van der Waals surface area contributed by atoms with Gasteiger partial charge in [0.25, 0.3) is 0 Å². The molecule has 1 N–H and O–H groups in total. The maximum Gasteiger partial charge on any atom is 0.246 e. The van der Waals surface area contributed by atoms with Crippen LogP contribution >= 0.6 is 0 Å². The Hall–Kier alpha value is -2.16. The van der Waals surface area contributed by atoms with E-state index >= 15 is 0 Å². The fraction of sp³-hybridized carbons (Fsp3) is 0.333. The lowest BCUT2D eigenvalue weighted by atomic mass is 10.0. The van der Waals surface area contributed by atoms with E-state index in [2.05, 4.69) is 5.32 Å². The van der Waals surface area contributed by atoms with Crippen LogP contribution in [-0.4, -0.2) is 46.6 Å². The van der Waals surface area contributed by atoms with Gasteiger partial charge >= 0.3 is 0 Å². The minimum atomic E-state index is -4.03. The molecule has 6 nitrogen and oxygen atoms in total. The lowest BCUT2D eigenvalue weighted by Crippen LogP contribution is -2.48. The Morgan fingerprint density at radius 3 is 2.62 bits per heavy atom. The molecule has 1 heterocycles. The molecular weight excluding hydrogens is 359 g/mol. The van der Waals surface area contributed by atoms with Gasteiger partial charge in [-0.05, 0) is 18.2 Å². The van der Waals surface area contributed by atoms with Crippen molar-refractivity contribution in [3.8, 4) is 11.5 Å². The van der Waals surface area contributed by atoms with E-state index in [1.165, 1.54) is 30.7 Å². The second-order valence-electron chi connectivity index (χ2n) is 5.87. The van der Waals surface area contributed by atoms with E-state index in [-0.39, 0.29) is 17.2 Å². The summed E-state index contributed by atoms with van der Waals surface area (Å²) in [5.41, 5.74) is 0.736. The van der Waals surface area contributed by atoms with Crippen LogP contribution in [0.2, 0.25) is 0 Å². The number of benzene rings is 2. The molecule has 8 heteroatoms. The van der Waals surface area contributed by atoms with Crippen LogP contribution in [0.25, 0.3) is 0 Å². The first-order chi connectivity index (χ1) is 12.5. The molecular formula is C18H21FN2O4S. The van der Waals surface area contributed by atoms with Crippen LogP contribution in [0.15, 0.2) is 47.4 Å². The molecule has 0 bridgehead atoms. The molecule has 1 saturated heterocycles. The molecule has 1 aliphatic rings. The number of rotatable bonds is 5. The van der Waals surface area contributed by atoms with Crippen LogP contribution in [0, 0.1) is 5.82 Å². The van der Waals surface area contributed by atoms with Crippen molar-refractivity contribution < 1.29 is 22.3 Å². The average molecular weight is 380 g/mol. The number of nitrogens with one attached hydrogen (secondary N) is 1. The quantitative estimate of drug-likeness (QED) is 0.861. The standard InChI is InChI=1S/C18H21FN2O4S/c1-24-13-7-8-18(15(19)11-13)26(22,23)21-10-9-20-12-16(21)14-5-3-4-6-17(14)25-2/h3-8,11,16,20H,9-10,12H2,1-2H3. The van der Waals surface area contributed by atoms with Crippen LogP contribution in [0.5, 0.6) is 11.5 Å². The zero-order valence-corrected chi connectivity index (χ0v) is 15.4. The summed E-state index contributed by atoms with van der Waals surface area (Å²) in [7, 11) is -1.09. The maximum absolute atomic E-state index is 14.4. The second kappa shape index (κ2) is 7.61. The Labute approximate surface area is 152 Å². The fourth-order valence-electron chi connectivity index (χ4n) is 3.12. The first-order valence-corrected chi connectivity index (χ1v) is 9.62. The monoisotopic (exact) mass is 380 g/mol. The van der Waals surface area contributed by atoms with Gasteiger partial charge in [-0.2, -0.15) is 4.31 Å². The zero-order chi connectivity index (χ0) is 18.7. The summed E-state index contributed by atoms with van der Waals surface area (Å²) in [5, 5.41) is 3.20. The molecule has 1 aliphatic heterocycles. The number of ether oxygens (including phenoxy) is 2. The minimum Gasteiger partial charge on any atom is -0.497 e. The van der Waals surface area contributed by atoms with Gasteiger partial charge in [-0.3, -0.25) is 0 Å². The highest BCUT2D eigenvalue weighted by atomic mass is 32.2. The lowest BCUT2D eigenvalue weighted by molar-refractivity contribution is 0.264. The summed E-state index contributed by atoms with van der Waals surface area (Å²) < 4.78 is 52.4. The number of piperazine rings is 1. The van der Waals surface area contributed by atoms with Crippen LogP contribution in [0.3, 0.4) is 0 Å². The highest BCUT2D eigenvalue weighted by molar-refractivity contribution is 7.89. The summed E-state index contributed by atoms with van der Waals surface area (Å²) >= 11 is 0. The van der Waals surface area contributed by atoms with Gasteiger partial charge in [-0.25, -0.2) is 12.8 Å². The third-order valence-corrected chi connectivity index (χ3v) is 6.36. The summed E-state index contributed by atoms with van der Waals surface area (Å²) in [4.78, 5) is -0.361. The van der Waals surface area contributed by atoms with E-state index in [0.29, 0.717) is 18.8 Å². The van der Waals surface area contributed by atoms with Gasteiger partial charge in [0, 0.05) is 31.3 Å². The van der Waals surface area contributed by atoms with Crippen LogP contribution in [0.1, 0.15) is 11.6 Å². The van der Waals surface area contributed by atoms with Gasteiger partial charge in [0.05, 0.1) is 20.3 Å². The van der Waals surface area contributed by atoms with E-state index in [1.807, 2.05) is 18.2 Å². The molecule has 0 amide bonds. The summed E-state index contributed by atoms with van der Waals surface area (Å²) in [6, 6.07) is 10.5. The number of para-hydroxylation sites is 1. The van der Waals surface area contributed by atoms with Gasteiger partial charge < -0.3 is 14.8 Å². The first kappa shape index (κ1) is 18.6. The molecule has 0 aromatic heterocycles. The summed E-state index contributed by atoms with van der Waals surface area (Å²) in [6.45, 7) is 1.14. The van der Waals surface area contributed by atoms with Gasteiger partial charge in [-0.1, -0.05) is 18.2 Å². The van der Waals surface area contributed by atoms with Gasteiger partial charge in [0.2, 0.25) is 10.0 Å². The molecule has 0 aliphatic carbocycles. The normalized spacial score (nSPS) is 18.5. The maximum atomic E-state index is 14.4. The molecule has 0 saturated carbocycles. The Morgan fingerprint density at radius 1 is 1.15 bits per heavy atom. The number of hydrogen-bond acceptors (Lipinski definition) is 5. The SMILES string of the molecule is COc1ccc(S(=O)(=O)N2CCNCC2c2ccccc2OC)c(F)c1. The molecule has 3 rings (SSSR count). The second-order valence-corrected chi connectivity index (χ2v) is 7.73. The number of halogens is 1. The molecule has 1 fully saturated rings. The van der Waals surface area contributed by atoms with Crippen molar-refractivity contribution in [2.24, 2.45) is 0 Å². The Kier molecular flexibility index (Phi) is 5.45. The van der Waals surface area contributed by atoms with E-state index in [1.54, 1.807) is 6.07 Å². The highest BCUT2D eigenvalue weighted by Gasteiger charge is 2.37. The fourth-order valence-corrected chi connectivity index (χ4v) is 4.78.